The third kappa shape index (κ3) is 5.03. The number of nitrogens with one attached hydrogen (secondary N) is 1. The molecule has 2 aromatic rings. The van der Waals surface area contributed by atoms with Crippen molar-refractivity contribution in [3.05, 3.63) is 112 Å². The molecule has 3 aliphatic rings. The zero-order valence-electron chi connectivity index (χ0n) is 21.0. The smallest absolute Gasteiger partial charge is 0.309 e. The highest BCUT2D eigenvalue weighted by Gasteiger charge is 2.23. The minimum atomic E-state index is -0.0818. The molecular weight excluding hydrogens is 444 g/mol. The maximum Gasteiger partial charge on any atom is 0.309 e. The number of aromatic nitrogens is 1. The van der Waals surface area contributed by atoms with Crippen molar-refractivity contribution >= 4 is 29.4 Å². The Morgan fingerprint density at radius 2 is 2.06 bits per heavy atom. The first-order valence-corrected chi connectivity index (χ1v) is 12.7. The fourth-order valence-electron chi connectivity index (χ4n) is 5.11. The van der Waals surface area contributed by atoms with Crippen molar-refractivity contribution in [1.82, 2.24) is 10.3 Å². The van der Waals surface area contributed by atoms with Gasteiger partial charge in [0.1, 0.15) is 0 Å². The summed E-state index contributed by atoms with van der Waals surface area (Å²) in [6.45, 7) is 8.58. The highest BCUT2D eigenvalue weighted by molar-refractivity contribution is 5.91. The first kappa shape index (κ1) is 23.8. The molecule has 1 unspecified atom stereocenters. The Kier molecular flexibility index (Phi) is 6.86. The first-order valence-electron chi connectivity index (χ1n) is 12.7. The maximum atomic E-state index is 12.2. The number of carbonyl (C=O) groups is 1. The molecule has 182 valence electrons. The molecule has 4 heteroatoms. The average Bonchev–Trinajstić information content (AvgIpc) is 3.06. The predicted molar refractivity (Wildman–Crippen MR) is 147 cm³/mol. The largest absolute Gasteiger partial charge is 0.466 e. The number of benzene rings is 1. The van der Waals surface area contributed by atoms with Crippen LogP contribution in [0.25, 0.3) is 23.4 Å². The van der Waals surface area contributed by atoms with Crippen LogP contribution < -0.4 is 15.8 Å². The fraction of sp³-hybridized carbons (Fsp3) is 0.250. The Morgan fingerprint density at radius 1 is 1.17 bits per heavy atom. The molecule has 0 fully saturated rings. The maximum absolute atomic E-state index is 12.2. The lowest BCUT2D eigenvalue weighted by Gasteiger charge is -2.21. The third-order valence-electron chi connectivity index (χ3n) is 6.94. The lowest BCUT2D eigenvalue weighted by Crippen LogP contribution is -2.25. The van der Waals surface area contributed by atoms with E-state index in [2.05, 4.69) is 72.6 Å². The van der Waals surface area contributed by atoms with Gasteiger partial charge in [-0.3, -0.25) is 9.78 Å². The Labute approximate surface area is 212 Å². The van der Waals surface area contributed by atoms with Gasteiger partial charge in [-0.2, -0.15) is 0 Å². The summed E-state index contributed by atoms with van der Waals surface area (Å²) in [7, 11) is 0. The highest BCUT2D eigenvalue weighted by atomic mass is 16.5. The van der Waals surface area contributed by atoms with E-state index in [0.717, 1.165) is 53.6 Å². The van der Waals surface area contributed by atoms with Crippen LogP contribution in [0.1, 0.15) is 49.6 Å². The number of esters is 1. The number of hydrogen-bond acceptors (Lipinski definition) is 4. The zero-order valence-corrected chi connectivity index (χ0v) is 21.0. The number of aryl methyl sites for hydroxylation is 1. The van der Waals surface area contributed by atoms with E-state index < -0.39 is 0 Å². The van der Waals surface area contributed by atoms with Gasteiger partial charge in [0, 0.05) is 5.69 Å². The molecule has 2 heterocycles. The van der Waals surface area contributed by atoms with Gasteiger partial charge in [0.2, 0.25) is 0 Å². The summed E-state index contributed by atoms with van der Waals surface area (Å²) in [6, 6.07) is 12.8. The molecule has 0 bridgehead atoms. The second-order valence-electron chi connectivity index (χ2n) is 9.53. The summed E-state index contributed by atoms with van der Waals surface area (Å²) in [5.41, 5.74) is 8.85. The van der Waals surface area contributed by atoms with Crippen LogP contribution in [0.2, 0.25) is 0 Å². The normalized spacial score (nSPS) is 19.2. The van der Waals surface area contributed by atoms with Crippen molar-refractivity contribution < 1.29 is 9.53 Å². The van der Waals surface area contributed by atoms with Gasteiger partial charge in [-0.1, -0.05) is 36.9 Å². The number of fused-ring (bicyclic) bond motifs is 1. The average molecular weight is 477 g/mol. The summed E-state index contributed by atoms with van der Waals surface area (Å²) < 4.78 is 5.24. The fourth-order valence-corrected chi connectivity index (χ4v) is 5.11. The van der Waals surface area contributed by atoms with Gasteiger partial charge in [0.05, 0.1) is 23.9 Å². The number of dihydropyridines is 1. The lowest BCUT2D eigenvalue weighted by molar-refractivity contribution is -0.148. The third-order valence-corrected chi connectivity index (χ3v) is 6.94. The Balaban J connectivity index is 1.52. The molecule has 1 aromatic carbocycles. The monoisotopic (exact) mass is 476 g/mol. The number of pyridine rings is 1. The van der Waals surface area contributed by atoms with E-state index in [1.807, 2.05) is 26.1 Å². The predicted octanol–water partition coefficient (Wildman–Crippen LogP) is 5.11. The molecule has 5 rings (SSSR count). The van der Waals surface area contributed by atoms with Crippen LogP contribution in [0.15, 0.2) is 84.1 Å². The Morgan fingerprint density at radius 3 is 2.83 bits per heavy atom. The second kappa shape index (κ2) is 10.4. The van der Waals surface area contributed by atoms with E-state index in [1.54, 1.807) is 0 Å². The molecular formula is C32H32N2O2. The highest BCUT2D eigenvalue weighted by Crippen LogP contribution is 2.31. The molecule has 0 spiro atoms. The van der Waals surface area contributed by atoms with Gasteiger partial charge in [-0.15, -0.1) is 0 Å². The summed E-state index contributed by atoms with van der Waals surface area (Å²) in [4.78, 5) is 16.9. The van der Waals surface area contributed by atoms with Crippen LogP contribution in [-0.2, 0) is 9.53 Å². The Bertz CT molecular complexity index is 1470. The van der Waals surface area contributed by atoms with E-state index in [-0.39, 0.29) is 11.9 Å². The van der Waals surface area contributed by atoms with Crippen molar-refractivity contribution in [2.24, 2.45) is 5.92 Å². The van der Waals surface area contributed by atoms with Crippen molar-refractivity contribution in [3.8, 4) is 0 Å². The van der Waals surface area contributed by atoms with Crippen LogP contribution in [0.5, 0.6) is 0 Å². The van der Waals surface area contributed by atoms with Gasteiger partial charge in [-0.25, -0.2) is 0 Å². The molecule has 4 nitrogen and oxygen atoms in total. The first-order chi connectivity index (χ1) is 17.5. The number of hydrogen-bond donors (Lipinski definition) is 1. The van der Waals surface area contributed by atoms with Crippen LogP contribution >= 0.6 is 0 Å². The minimum Gasteiger partial charge on any atom is -0.466 e. The van der Waals surface area contributed by atoms with Gasteiger partial charge < -0.3 is 10.1 Å². The van der Waals surface area contributed by atoms with E-state index in [4.69, 9.17) is 9.72 Å². The van der Waals surface area contributed by atoms with Crippen molar-refractivity contribution in [3.63, 3.8) is 0 Å². The SMILES string of the molecule is C=C1C=C(C2=CCC(C(=O)OCC)CC2)C=c2cc(C3=C(c4cccc(C)n4)NC=CC3)ccc2=C1. The summed E-state index contributed by atoms with van der Waals surface area (Å²) in [5.74, 6) is -0.122. The zero-order chi connectivity index (χ0) is 25.1. The number of nitrogens with zero attached hydrogens (tertiary/aromatic N) is 1. The molecule has 36 heavy (non-hydrogen) atoms. The van der Waals surface area contributed by atoms with E-state index in [1.165, 1.54) is 27.5 Å². The van der Waals surface area contributed by atoms with Gasteiger partial charge in [0.25, 0.3) is 0 Å². The van der Waals surface area contributed by atoms with Crippen LogP contribution in [0.3, 0.4) is 0 Å². The van der Waals surface area contributed by atoms with E-state index in [0.29, 0.717) is 6.61 Å². The van der Waals surface area contributed by atoms with E-state index in [9.17, 15) is 4.79 Å². The summed E-state index contributed by atoms with van der Waals surface area (Å²) in [6.07, 6.45) is 16.2. The minimum absolute atomic E-state index is 0.0406. The molecule has 2 aliphatic carbocycles. The Hall–Kier alpha value is -3.92. The number of ether oxygens (including phenoxy) is 1. The lowest BCUT2D eigenvalue weighted by atomic mass is 9.85. The summed E-state index contributed by atoms with van der Waals surface area (Å²) >= 11 is 0. The standard InChI is InChI=1S/C32H32N2O2/c1-4-36-32(35)24-12-10-23(11-13-24)27-18-21(2)17-25-14-15-26(19-28(25)20-27)29-8-6-16-33-31(29)30-9-5-7-22(3)34-30/h5-7,9-10,14-20,24,33H,2,4,8,11-13H2,1,3H3. The van der Waals surface area contributed by atoms with Crippen molar-refractivity contribution in [1.29, 1.82) is 0 Å². The molecule has 0 saturated carbocycles. The van der Waals surface area contributed by atoms with Gasteiger partial charge in [-0.05, 0) is 120 Å². The number of rotatable bonds is 5. The molecule has 1 aromatic heterocycles. The topological polar surface area (TPSA) is 51.2 Å². The molecule has 1 aliphatic heterocycles. The molecule has 1 N–H and O–H groups in total. The van der Waals surface area contributed by atoms with Crippen LogP contribution in [0.4, 0.5) is 0 Å². The number of allylic oxidation sites excluding steroid dienone is 7. The van der Waals surface area contributed by atoms with Crippen LogP contribution in [0, 0.1) is 12.8 Å². The van der Waals surface area contributed by atoms with Crippen molar-refractivity contribution in [2.75, 3.05) is 6.61 Å². The molecule has 1 atom stereocenters. The molecule has 0 radical (unpaired) electrons. The molecule has 0 saturated heterocycles. The molecule has 0 amide bonds. The summed E-state index contributed by atoms with van der Waals surface area (Å²) in [5, 5.41) is 5.77. The second-order valence-corrected chi connectivity index (χ2v) is 9.53. The van der Waals surface area contributed by atoms with Gasteiger partial charge >= 0.3 is 5.97 Å². The van der Waals surface area contributed by atoms with Crippen molar-refractivity contribution in [2.45, 2.75) is 39.5 Å². The number of carbonyl (C=O) groups excluding carboxylic acids is 1. The quantitative estimate of drug-likeness (QED) is 0.609. The van der Waals surface area contributed by atoms with Gasteiger partial charge in [0.15, 0.2) is 0 Å². The van der Waals surface area contributed by atoms with Crippen LogP contribution in [-0.4, -0.2) is 17.6 Å². The van der Waals surface area contributed by atoms with E-state index >= 15 is 0 Å².